The molecule has 1 aromatic heterocycles. The van der Waals surface area contributed by atoms with Crippen LogP contribution in [0.3, 0.4) is 0 Å². The summed E-state index contributed by atoms with van der Waals surface area (Å²) in [5.41, 5.74) is 0. The third-order valence-corrected chi connectivity index (χ3v) is 4.89. The van der Waals surface area contributed by atoms with Crippen LogP contribution < -0.4 is 5.32 Å². The predicted molar refractivity (Wildman–Crippen MR) is 70.0 cm³/mol. The Labute approximate surface area is 114 Å². The highest BCUT2D eigenvalue weighted by Crippen LogP contribution is 2.32. The zero-order chi connectivity index (χ0) is 12.0. The summed E-state index contributed by atoms with van der Waals surface area (Å²) in [5.74, 6) is -0.121. The molecule has 2 N–H and O–H groups in total. The molecule has 90 valence electrons. The van der Waals surface area contributed by atoms with Crippen LogP contribution in [-0.2, 0) is 4.74 Å². The van der Waals surface area contributed by atoms with E-state index >= 15 is 0 Å². The van der Waals surface area contributed by atoms with Crippen molar-refractivity contribution >= 4 is 49.1 Å². The lowest BCUT2D eigenvalue weighted by Gasteiger charge is -2.03. The highest BCUT2D eigenvalue weighted by molar-refractivity contribution is 9.13. The maximum absolute atomic E-state index is 11.6. The SMILES string of the molecule is O=C(NCCOCCO)c1cc(Br)c(Br)s1. The van der Waals surface area contributed by atoms with Gasteiger partial charge in [-0.15, -0.1) is 11.3 Å². The Balaban J connectivity index is 2.30. The quantitative estimate of drug-likeness (QED) is 0.751. The van der Waals surface area contributed by atoms with E-state index < -0.39 is 0 Å². The van der Waals surface area contributed by atoms with Gasteiger partial charge in [0.15, 0.2) is 0 Å². The molecule has 0 saturated heterocycles. The summed E-state index contributed by atoms with van der Waals surface area (Å²) in [4.78, 5) is 12.2. The standard InChI is InChI=1S/C9H11Br2NO3S/c10-6-5-7(16-8(6)11)9(14)12-1-3-15-4-2-13/h5,13H,1-4H2,(H,12,14). The number of ether oxygens (including phenoxy) is 1. The van der Waals surface area contributed by atoms with Crippen LogP contribution in [0.2, 0.25) is 0 Å². The van der Waals surface area contributed by atoms with Crippen molar-refractivity contribution in [3.8, 4) is 0 Å². The number of thiophene rings is 1. The Morgan fingerprint density at radius 3 is 2.81 bits per heavy atom. The summed E-state index contributed by atoms with van der Waals surface area (Å²) in [7, 11) is 0. The summed E-state index contributed by atoms with van der Waals surface area (Å²) in [6.45, 7) is 1.14. The molecule has 0 spiro atoms. The Bertz CT molecular complexity index is 337. The molecule has 1 rings (SSSR count). The molecule has 0 fully saturated rings. The minimum atomic E-state index is -0.121. The average Bonchev–Trinajstić information content (AvgIpc) is 2.59. The number of carbonyl (C=O) groups excluding carboxylic acids is 1. The number of nitrogens with one attached hydrogen (secondary N) is 1. The van der Waals surface area contributed by atoms with E-state index in [0.717, 1.165) is 8.26 Å². The van der Waals surface area contributed by atoms with Crippen molar-refractivity contribution in [3.63, 3.8) is 0 Å². The molecule has 16 heavy (non-hydrogen) atoms. The number of carbonyl (C=O) groups is 1. The van der Waals surface area contributed by atoms with Gasteiger partial charge in [0.25, 0.3) is 5.91 Å². The van der Waals surface area contributed by atoms with E-state index in [4.69, 9.17) is 9.84 Å². The number of rotatable bonds is 6. The first-order valence-electron chi connectivity index (χ1n) is 4.56. The van der Waals surface area contributed by atoms with Crippen LogP contribution in [-0.4, -0.2) is 37.4 Å². The van der Waals surface area contributed by atoms with E-state index in [0.29, 0.717) is 24.6 Å². The third-order valence-electron chi connectivity index (χ3n) is 1.64. The largest absolute Gasteiger partial charge is 0.394 e. The van der Waals surface area contributed by atoms with Gasteiger partial charge >= 0.3 is 0 Å². The number of hydrogen-bond acceptors (Lipinski definition) is 4. The lowest BCUT2D eigenvalue weighted by atomic mass is 10.4. The number of aliphatic hydroxyl groups is 1. The summed E-state index contributed by atoms with van der Waals surface area (Å²) in [5, 5.41) is 11.2. The van der Waals surface area contributed by atoms with Gasteiger partial charge in [0, 0.05) is 11.0 Å². The van der Waals surface area contributed by atoms with E-state index in [1.54, 1.807) is 6.07 Å². The Morgan fingerprint density at radius 2 is 2.25 bits per heavy atom. The maximum Gasteiger partial charge on any atom is 0.261 e. The van der Waals surface area contributed by atoms with E-state index in [2.05, 4.69) is 37.2 Å². The van der Waals surface area contributed by atoms with Crippen LogP contribution in [0.1, 0.15) is 9.67 Å². The predicted octanol–water partition coefficient (Wildman–Crippen LogP) is 2.01. The van der Waals surface area contributed by atoms with Gasteiger partial charge in [0.05, 0.1) is 28.5 Å². The summed E-state index contributed by atoms with van der Waals surface area (Å²) < 4.78 is 6.79. The van der Waals surface area contributed by atoms with Gasteiger partial charge < -0.3 is 15.2 Å². The summed E-state index contributed by atoms with van der Waals surface area (Å²) in [6, 6.07) is 1.76. The topological polar surface area (TPSA) is 58.6 Å². The van der Waals surface area contributed by atoms with E-state index in [1.165, 1.54) is 11.3 Å². The number of aliphatic hydroxyl groups excluding tert-OH is 1. The van der Waals surface area contributed by atoms with Crippen molar-refractivity contribution in [2.75, 3.05) is 26.4 Å². The number of hydrogen-bond donors (Lipinski definition) is 2. The van der Waals surface area contributed by atoms with Gasteiger partial charge in [0.1, 0.15) is 0 Å². The second-order valence-electron chi connectivity index (χ2n) is 2.82. The van der Waals surface area contributed by atoms with Crippen molar-refractivity contribution in [2.24, 2.45) is 0 Å². The number of amides is 1. The summed E-state index contributed by atoms with van der Waals surface area (Å²) >= 11 is 8.01. The van der Waals surface area contributed by atoms with Gasteiger partial charge in [-0.2, -0.15) is 0 Å². The van der Waals surface area contributed by atoms with E-state index in [9.17, 15) is 4.79 Å². The van der Waals surface area contributed by atoms with Gasteiger partial charge in [-0.25, -0.2) is 0 Å². The van der Waals surface area contributed by atoms with Crippen LogP contribution >= 0.6 is 43.2 Å². The van der Waals surface area contributed by atoms with Crippen molar-refractivity contribution < 1.29 is 14.6 Å². The minimum absolute atomic E-state index is 0.00123. The van der Waals surface area contributed by atoms with Crippen LogP contribution in [0.15, 0.2) is 14.3 Å². The molecule has 0 aromatic carbocycles. The maximum atomic E-state index is 11.6. The fourth-order valence-corrected chi connectivity index (χ4v) is 2.90. The molecular weight excluding hydrogens is 362 g/mol. The molecule has 0 bridgehead atoms. The molecule has 0 saturated carbocycles. The number of halogens is 2. The zero-order valence-electron chi connectivity index (χ0n) is 8.33. The molecule has 0 radical (unpaired) electrons. The molecule has 1 heterocycles. The van der Waals surface area contributed by atoms with E-state index in [-0.39, 0.29) is 12.5 Å². The lowest BCUT2D eigenvalue weighted by molar-refractivity contribution is 0.0840. The fraction of sp³-hybridized carbons (Fsp3) is 0.444. The van der Waals surface area contributed by atoms with Crippen LogP contribution in [0.4, 0.5) is 0 Å². The second-order valence-corrected chi connectivity index (χ2v) is 6.05. The van der Waals surface area contributed by atoms with Crippen LogP contribution in [0, 0.1) is 0 Å². The van der Waals surface area contributed by atoms with Crippen molar-refractivity contribution in [3.05, 3.63) is 19.2 Å². The Hall–Kier alpha value is 0.0500. The first-order chi connectivity index (χ1) is 7.65. The first kappa shape index (κ1) is 14.1. The van der Waals surface area contributed by atoms with Gasteiger partial charge in [-0.05, 0) is 37.9 Å². The fourth-order valence-electron chi connectivity index (χ4n) is 0.949. The van der Waals surface area contributed by atoms with Crippen molar-refractivity contribution in [1.82, 2.24) is 5.32 Å². The highest BCUT2D eigenvalue weighted by Gasteiger charge is 2.10. The lowest BCUT2D eigenvalue weighted by Crippen LogP contribution is -2.26. The smallest absolute Gasteiger partial charge is 0.261 e. The third kappa shape index (κ3) is 4.50. The zero-order valence-corrected chi connectivity index (χ0v) is 12.3. The Kier molecular flexibility index (Phi) is 6.52. The molecule has 0 aliphatic rings. The average molecular weight is 373 g/mol. The molecular formula is C9H11Br2NO3S. The van der Waals surface area contributed by atoms with Crippen molar-refractivity contribution in [2.45, 2.75) is 0 Å². The molecule has 0 atom stereocenters. The van der Waals surface area contributed by atoms with Crippen molar-refractivity contribution in [1.29, 1.82) is 0 Å². The van der Waals surface area contributed by atoms with E-state index in [1.807, 2.05) is 0 Å². The molecule has 4 nitrogen and oxygen atoms in total. The monoisotopic (exact) mass is 371 g/mol. The van der Waals surface area contributed by atoms with Gasteiger partial charge in [-0.1, -0.05) is 0 Å². The second kappa shape index (κ2) is 7.39. The normalized spacial score (nSPS) is 10.4. The molecule has 7 heteroatoms. The first-order valence-corrected chi connectivity index (χ1v) is 6.97. The molecule has 1 amide bonds. The molecule has 0 aliphatic carbocycles. The molecule has 0 aliphatic heterocycles. The molecule has 0 unspecified atom stereocenters. The minimum Gasteiger partial charge on any atom is -0.394 e. The van der Waals surface area contributed by atoms with Gasteiger partial charge in [-0.3, -0.25) is 4.79 Å². The Morgan fingerprint density at radius 1 is 1.50 bits per heavy atom. The van der Waals surface area contributed by atoms with Crippen LogP contribution in [0.25, 0.3) is 0 Å². The highest BCUT2D eigenvalue weighted by atomic mass is 79.9. The molecule has 1 aromatic rings. The van der Waals surface area contributed by atoms with Crippen LogP contribution in [0.5, 0.6) is 0 Å². The summed E-state index contributed by atoms with van der Waals surface area (Å²) in [6.07, 6.45) is 0. The van der Waals surface area contributed by atoms with Gasteiger partial charge in [0.2, 0.25) is 0 Å².